The fraction of sp³-hybridized carbons (Fsp3) is 0.400. The largest absolute Gasteiger partial charge is 0.365 e. The summed E-state index contributed by atoms with van der Waals surface area (Å²) in [6.45, 7) is 6.61. The van der Waals surface area contributed by atoms with E-state index >= 15 is 0 Å². The molecule has 8 nitrogen and oxygen atoms in total. The number of aryl methyl sites for hydroxylation is 2. The van der Waals surface area contributed by atoms with Crippen molar-refractivity contribution in [2.24, 2.45) is 0 Å². The number of thiocarbonyl (C=S) groups is 1. The normalized spacial score (nSPS) is 13.5. The summed E-state index contributed by atoms with van der Waals surface area (Å²) in [6.07, 6.45) is 4.16. The monoisotopic (exact) mass is 573 g/mol. The third-order valence-electron chi connectivity index (χ3n) is 7.39. The van der Waals surface area contributed by atoms with Gasteiger partial charge in [-0.2, -0.15) is 11.8 Å². The van der Waals surface area contributed by atoms with Crippen molar-refractivity contribution in [1.29, 1.82) is 0 Å². The molecule has 0 spiro atoms. The van der Waals surface area contributed by atoms with Crippen LogP contribution in [0.4, 0.5) is 0 Å². The van der Waals surface area contributed by atoms with Gasteiger partial charge in [0.25, 0.3) is 5.56 Å². The molecule has 0 amide bonds. The van der Waals surface area contributed by atoms with Crippen LogP contribution < -0.4 is 5.56 Å². The van der Waals surface area contributed by atoms with Crippen LogP contribution in [0, 0.1) is 6.92 Å². The van der Waals surface area contributed by atoms with Crippen LogP contribution in [0.5, 0.6) is 0 Å². The van der Waals surface area contributed by atoms with Gasteiger partial charge in [0, 0.05) is 54.3 Å². The van der Waals surface area contributed by atoms with Gasteiger partial charge in [-0.1, -0.05) is 74.1 Å². The lowest BCUT2D eigenvalue weighted by Gasteiger charge is -2.29. The lowest BCUT2D eigenvalue weighted by atomic mass is 9.98. The number of hydrogen-bond acceptors (Lipinski definition) is 7. The third-order valence-corrected chi connectivity index (χ3v) is 8.79. The van der Waals surface area contributed by atoms with Gasteiger partial charge in [-0.3, -0.25) is 9.36 Å². The van der Waals surface area contributed by atoms with Crippen LogP contribution in [-0.2, 0) is 19.4 Å². The van der Waals surface area contributed by atoms with Crippen LogP contribution in [0.3, 0.4) is 0 Å². The molecule has 4 aromatic rings. The average molecular weight is 574 g/mol. The summed E-state index contributed by atoms with van der Waals surface area (Å²) in [5, 5.41) is 14.4. The lowest BCUT2D eigenvalue weighted by Crippen LogP contribution is -2.37. The minimum Gasteiger partial charge on any atom is -0.365 e. The van der Waals surface area contributed by atoms with Gasteiger partial charge < -0.3 is 4.90 Å². The Morgan fingerprint density at radius 3 is 2.50 bits per heavy atom. The molecule has 2 aromatic heterocycles. The molecule has 0 atom stereocenters. The smallest absolute Gasteiger partial charge is 0.257 e. The molecule has 1 aliphatic rings. The van der Waals surface area contributed by atoms with Gasteiger partial charge in [0.15, 0.2) is 5.82 Å². The van der Waals surface area contributed by atoms with Crippen molar-refractivity contribution in [3.05, 3.63) is 81.5 Å². The van der Waals surface area contributed by atoms with Crippen molar-refractivity contribution >= 4 is 29.0 Å². The Morgan fingerprint density at radius 1 is 1.05 bits per heavy atom. The first-order chi connectivity index (χ1) is 19.5. The number of hydrogen-bond donors (Lipinski definition) is 1. The predicted molar refractivity (Wildman–Crippen MR) is 166 cm³/mol. The van der Waals surface area contributed by atoms with Crippen molar-refractivity contribution < 1.29 is 0 Å². The summed E-state index contributed by atoms with van der Waals surface area (Å²) >= 11 is 7.71. The predicted octanol–water partition coefficient (Wildman–Crippen LogP) is 5.10. The summed E-state index contributed by atoms with van der Waals surface area (Å²) in [5.74, 6) is 3.71. The van der Waals surface area contributed by atoms with E-state index < -0.39 is 0 Å². The van der Waals surface area contributed by atoms with Gasteiger partial charge in [0.1, 0.15) is 5.82 Å². The maximum Gasteiger partial charge on any atom is 0.257 e. The molecule has 0 saturated carbocycles. The maximum atomic E-state index is 13.9. The molecule has 1 aliphatic heterocycles. The highest BCUT2D eigenvalue weighted by molar-refractivity contribution is 7.99. The Labute approximate surface area is 244 Å². The first-order valence-corrected chi connectivity index (χ1v) is 15.5. The zero-order valence-electron chi connectivity index (χ0n) is 23.1. The summed E-state index contributed by atoms with van der Waals surface area (Å²) in [7, 11) is 0. The number of H-pyrrole nitrogens is 1. The van der Waals surface area contributed by atoms with E-state index in [2.05, 4.69) is 62.8 Å². The fourth-order valence-corrected chi connectivity index (χ4v) is 6.31. The number of benzene rings is 2. The molecular weight excluding hydrogens is 539 g/mol. The van der Waals surface area contributed by atoms with E-state index in [4.69, 9.17) is 17.2 Å². The van der Waals surface area contributed by atoms with Crippen LogP contribution >= 0.6 is 24.0 Å². The van der Waals surface area contributed by atoms with Crippen molar-refractivity contribution in [2.75, 3.05) is 24.6 Å². The number of unbranched alkanes of at least 4 members (excludes halogenated alkanes) is 1. The molecule has 0 radical (unpaired) electrons. The molecule has 0 unspecified atom stereocenters. The fourth-order valence-electron chi connectivity index (χ4n) is 5.12. The molecule has 1 fully saturated rings. The van der Waals surface area contributed by atoms with E-state index in [0.717, 1.165) is 88.2 Å². The molecular formula is C30H35N7OS2. The minimum absolute atomic E-state index is 0.0582. The second-order valence-electron chi connectivity index (χ2n) is 10.1. The Balaban J connectivity index is 1.39. The van der Waals surface area contributed by atoms with Gasteiger partial charge in [-0.25, -0.2) is 10.1 Å². The maximum absolute atomic E-state index is 13.9. The Morgan fingerprint density at radius 2 is 1.80 bits per heavy atom. The van der Waals surface area contributed by atoms with E-state index in [1.54, 1.807) is 0 Å². The second-order valence-corrected chi connectivity index (χ2v) is 11.8. The van der Waals surface area contributed by atoms with Gasteiger partial charge in [-0.15, -0.1) is 5.10 Å². The SMILES string of the molecule is CCCCc1nc(C)c(CCC(=S)N2CCSCC2)c(=O)n1Cc1ccc(-c2ccccc2-c2nnn[nH]2)cc1. The number of nitrogens with one attached hydrogen (secondary N) is 1. The highest BCUT2D eigenvalue weighted by atomic mass is 32.2. The molecule has 3 heterocycles. The molecule has 5 rings (SSSR count). The summed E-state index contributed by atoms with van der Waals surface area (Å²) in [4.78, 5) is 22.1. The number of nitrogens with zero attached hydrogens (tertiary/aromatic N) is 6. The standard InChI is InChI=1S/C30H35N7OS2/c1-3-4-9-27-31-21(2)24(14-15-28(39)36-16-18-40-19-17-36)30(38)37(27)20-22-10-12-23(13-11-22)25-7-5-6-8-26(25)29-32-34-35-33-29/h5-8,10-13H,3-4,9,14-20H2,1-2H3,(H,32,33,34,35). The van der Waals surface area contributed by atoms with E-state index in [1.165, 1.54) is 0 Å². The molecule has 1 saturated heterocycles. The number of tetrazole rings is 1. The highest BCUT2D eigenvalue weighted by Crippen LogP contribution is 2.29. The van der Waals surface area contributed by atoms with Crippen LogP contribution in [0.2, 0.25) is 0 Å². The second kappa shape index (κ2) is 13.3. The van der Waals surface area contributed by atoms with Gasteiger partial charge in [0.05, 0.1) is 11.5 Å². The van der Waals surface area contributed by atoms with Gasteiger partial charge >= 0.3 is 0 Å². The van der Waals surface area contributed by atoms with E-state index in [0.29, 0.717) is 25.2 Å². The summed E-state index contributed by atoms with van der Waals surface area (Å²) in [5.41, 5.74) is 5.76. The summed E-state index contributed by atoms with van der Waals surface area (Å²) < 4.78 is 1.88. The Kier molecular flexibility index (Phi) is 9.38. The van der Waals surface area contributed by atoms with Crippen molar-refractivity contribution in [3.8, 4) is 22.5 Å². The van der Waals surface area contributed by atoms with Gasteiger partial charge in [0.2, 0.25) is 0 Å². The number of aromatic amines is 1. The van der Waals surface area contributed by atoms with Crippen molar-refractivity contribution in [2.45, 2.75) is 52.5 Å². The molecule has 40 heavy (non-hydrogen) atoms. The molecule has 1 N–H and O–H groups in total. The first kappa shape index (κ1) is 28.2. The first-order valence-electron chi connectivity index (χ1n) is 13.9. The zero-order valence-corrected chi connectivity index (χ0v) is 24.7. The minimum atomic E-state index is 0.0582. The number of aromatic nitrogens is 6. The van der Waals surface area contributed by atoms with Crippen LogP contribution in [0.15, 0.2) is 53.3 Å². The van der Waals surface area contributed by atoms with E-state index in [1.807, 2.05) is 41.5 Å². The molecule has 2 aromatic carbocycles. The van der Waals surface area contributed by atoms with Crippen LogP contribution in [0.1, 0.15) is 48.8 Å². The lowest BCUT2D eigenvalue weighted by molar-refractivity contribution is 0.461. The number of rotatable bonds is 10. The third kappa shape index (κ3) is 6.50. The Hall–Kier alpha value is -3.37. The van der Waals surface area contributed by atoms with E-state index in [-0.39, 0.29) is 5.56 Å². The molecule has 0 aliphatic carbocycles. The zero-order chi connectivity index (χ0) is 27.9. The van der Waals surface area contributed by atoms with E-state index in [9.17, 15) is 4.79 Å². The average Bonchev–Trinajstić information content (AvgIpc) is 3.53. The van der Waals surface area contributed by atoms with Crippen molar-refractivity contribution in [3.63, 3.8) is 0 Å². The quantitative estimate of drug-likeness (QED) is 0.262. The van der Waals surface area contributed by atoms with Crippen LogP contribution in [-0.4, -0.2) is 64.7 Å². The van der Waals surface area contributed by atoms with Crippen molar-refractivity contribution in [1.82, 2.24) is 35.1 Å². The number of thioether (sulfide) groups is 1. The van der Waals surface area contributed by atoms with Crippen LogP contribution in [0.25, 0.3) is 22.5 Å². The topological polar surface area (TPSA) is 92.6 Å². The molecule has 208 valence electrons. The summed E-state index contributed by atoms with van der Waals surface area (Å²) in [6, 6.07) is 16.4. The molecule has 0 bridgehead atoms. The molecule has 10 heteroatoms. The highest BCUT2D eigenvalue weighted by Gasteiger charge is 2.18. The Bertz CT molecular complexity index is 1490. The van der Waals surface area contributed by atoms with Gasteiger partial charge in [-0.05, 0) is 46.9 Å².